The minimum Gasteiger partial charge on any atom is -0.366 e. The highest BCUT2D eigenvalue weighted by molar-refractivity contribution is 9.10. The number of aromatic amines is 1. The number of benzene rings is 1. The molecule has 0 bridgehead atoms. The van der Waals surface area contributed by atoms with Crippen LogP contribution in [0.15, 0.2) is 34.9 Å². The Morgan fingerprint density at radius 1 is 1.30 bits per heavy atom. The van der Waals surface area contributed by atoms with Gasteiger partial charge in [-0.15, -0.1) is 0 Å². The molecule has 1 aliphatic rings. The van der Waals surface area contributed by atoms with Crippen molar-refractivity contribution in [1.82, 2.24) is 20.2 Å². The fraction of sp³-hybridized carbons (Fsp3) is 0.176. The number of nitrogens with one attached hydrogen (secondary N) is 3. The van der Waals surface area contributed by atoms with Crippen LogP contribution in [0.2, 0.25) is 5.02 Å². The quantitative estimate of drug-likeness (QED) is 0.451. The molecule has 0 spiro atoms. The van der Waals surface area contributed by atoms with E-state index in [0.717, 1.165) is 5.69 Å². The van der Waals surface area contributed by atoms with Crippen LogP contribution >= 0.6 is 27.5 Å². The minimum atomic E-state index is -0.543. The van der Waals surface area contributed by atoms with Gasteiger partial charge in [-0.2, -0.15) is 10.1 Å². The number of H-pyrrole nitrogens is 1. The standard InChI is InChI=1S/C17H15BrClN7O/c18-10-7-21-17(22-13-5-9(15(20)27)3-4-11(13)19)24-16(10)23-14-6-12(25-26-14)8-1-2-8/h3-8H,1-2H2,(H2,20,27)(H3,21,22,23,24,25,26). The molecule has 0 aliphatic heterocycles. The summed E-state index contributed by atoms with van der Waals surface area (Å²) in [7, 11) is 0. The first-order valence-corrected chi connectivity index (χ1v) is 9.38. The molecule has 0 radical (unpaired) electrons. The molecule has 1 fully saturated rings. The fourth-order valence-corrected chi connectivity index (χ4v) is 2.99. The highest BCUT2D eigenvalue weighted by atomic mass is 79.9. The van der Waals surface area contributed by atoms with E-state index < -0.39 is 5.91 Å². The molecule has 1 aliphatic carbocycles. The Balaban J connectivity index is 1.56. The molecule has 1 amide bonds. The number of amides is 1. The lowest BCUT2D eigenvalue weighted by molar-refractivity contribution is 0.100. The van der Waals surface area contributed by atoms with Crippen molar-refractivity contribution >= 4 is 56.7 Å². The lowest BCUT2D eigenvalue weighted by Crippen LogP contribution is -2.11. The summed E-state index contributed by atoms with van der Waals surface area (Å²) in [6.07, 6.45) is 3.99. The number of hydrogen-bond donors (Lipinski definition) is 4. The number of hydrogen-bond acceptors (Lipinski definition) is 6. The number of primary amides is 1. The van der Waals surface area contributed by atoms with Crippen LogP contribution in [0.5, 0.6) is 0 Å². The van der Waals surface area contributed by atoms with Crippen molar-refractivity contribution in [3.63, 3.8) is 0 Å². The molecular weight excluding hydrogens is 434 g/mol. The predicted octanol–water partition coefficient (Wildman–Crippen LogP) is 4.08. The van der Waals surface area contributed by atoms with E-state index in [4.69, 9.17) is 17.3 Å². The molecule has 138 valence electrons. The lowest BCUT2D eigenvalue weighted by atomic mass is 10.2. The molecular formula is C17H15BrClN7O. The molecule has 0 unspecified atom stereocenters. The monoisotopic (exact) mass is 447 g/mol. The molecule has 0 atom stereocenters. The van der Waals surface area contributed by atoms with Gasteiger partial charge in [0, 0.05) is 29.4 Å². The van der Waals surface area contributed by atoms with Gasteiger partial charge in [0.15, 0.2) is 11.6 Å². The molecule has 4 rings (SSSR count). The zero-order valence-electron chi connectivity index (χ0n) is 14.0. The molecule has 27 heavy (non-hydrogen) atoms. The van der Waals surface area contributed by atoms with Gasteiger partial charge in [-0.1, -0.05) is 11.6 Å². The van der Waals surface area contributed by atoms with Gasteiger partial charge >= 0.3 is 0 Å². The largest absolute Gasteiger partial charge is 0.366 e. The first kappa shape index (κ1) is 17.7. The smallest absolute Gasteiger partial charge is 0.248 e. The molecule has 2 heterocycles. The van der Waals surface area contributed by atoms with Gasteiger partial charge in [0.2, 0.25) is 11.9 Å². The average molecular weight is 449 g/mol. The number of anilines is 4. The predicted molar refractivity (Wildman–Crippen MR) is 107 cm³/mol. The summed E-state index contributed by atoms with van der Waals surface area (Å²) in [5.41, 5.74) is 7.26. The minimum absolute atomic E-state index is 0.308. The van der Waals surface area contributed by atoms with E-state index in [1.807, 2.05) is 6.07 Å². The summed E-state index contributed by atoms with van der Waals surface area (Å²) in [6, 6.07) is 6.68. The van der Waals surface area contributed by atoms with Gasteiger partial charge in [0.05, 0.1) is 15.2 Å². The number of rotatable bonds is 6. The second-order valence-electron chi connectivity index (χ2n) is 6.18. The molecule has 2 aromatic heterocycles. The molecule has 10 heteroatoms. The summed E-state index contributed by atoms with van der Waals surface area (Å²) in [5.74, 6) is 1.57. The van der Waals surface area contributed by atoms with Crippen molar-refractivity contribution in [3.8, 4) is 0 Å². The Kier molecular flexibility index (Phi) is 4.71. The Hall–Kier alpha value is -2.65. The van der Waals surface area contributed by atoms with Crippen LogP contribution in [0.25, 0.3) is 0 Å². The van der Waals surface area contributed by atoms with Gasteiger partial charge < -0.3 is 16.4 Å². The van der Waals surface area contributed by atoms with Crippen LogP contribution in [-0.2, 0) is 0 Å². The Morgan fingerprint density at radius 2 is 2.11 bits per heavy atom. The third-order valence-electron chi connectivity index (χ3n) is 4.10. The highest BCUT2D eigenvalue weighted by Gasteiger charge is 2.25. The van der Waals surface area contributed by atoms with Gasteiger partial charge in [-0.3, -0.25) is 9.89 Å². The second kappa shape index (κ2) is 7.16. The summed E-state index contributed by atoms with van der Waals surface area (Å²) in [4.78, 5) is 20.0. The number of halogens is 2. The number of carbonyl (C=O) groups excluding carboxylic acids is 1. The molecule has 3 aromatic rings. The van der Waals surface area contributed by atoms with Crippen molar-refractivity contribution in [1.29, 1.82) is 0 Å². The van der Waals surface area contributed by atoms with E-state index in [1.54, 1.807) is 24.4 Å². The topological polar surface area (TPSA) is 122 Å². The van der Waals surface area contributed by atoms with E-state index >= 15 is 0 Å². The number of aromatic nitrogens is 4. The average Bonchev–Trinajstić information content (AvgIpc) is 3.39. The van der Waals surface area contributed by atoms with Crippen LogP contribution in [-0.4, -0.2) is 26.1 Å². The Labute approximate surface area is 168 Å². The summed E-state index contributed by atoms with van der Waals surface area (Å²) >= 11 is 9.61. The Bertz CT molecular complexity index is 1020. The van der Waals surface area contributed by atoms with Crippen LogP contribution in [0.1, 0.15) is 34.8 Å². The van der Waals surface area contributed by atoms with Gasteiger partial charge in [0.1, 0.15) is 0 Å². The SMILES string of the molecule is NC(=O)c1ccc(Cl)c(Nc2ncc(Br)c(Nc3cc(C4CC4)[nH]n3)n2)c1. The molecule has 5 N–H and O–H groups in total. The van der Waals surface area contributed by atoms with Crippen molar-refractivity contribution < 1.29 is 4.79 Å². The molecule has 0 saturated heterocycles. The molecule has 8 nitrogen and oxygen atoms in total. The first-order valence-electron chi connectivity index (χ1n) is 8.21. The summed E-state index contributed by atoms with van der Waals surface area (Å²) < 4.78 is 0.681. The first-order chi connectivity index (χ1) is 13.0. The number of nitrogens with zero attached hydrogens (tertiary/aromatic N) is 3. The maximum Gasteiger partial charge on any atom is 0.248 e. The molecule has 1 saturated carbocycles. The third-order valence-corrected chi connectivity index (χ3v) is 5.01. The number of nitrogens with two attached hydrogens (primary N) is 1. The number of carbonyl (C=O) groups is 1. The maximum absolute atomic E-state index is 11.4. The lowest BCUT2D eigenvalue weighted by Gasteiger charge is -2.10. The normalized spacial score (nSPS) is 13.4. The second-order valence-corrected chi connectivity index (χ2v) is 7.44. The van der Waals surface area contributed by atoms with E-state index in [9.17, 15) is 4.79 Å². The van der Waals surface area contributed by atoms with Crippen molar-refractivity contribution in [2.24, 2.45) is 5.73 Å². The van der Waals surface area contributed by atoms with E-state index in [0.29, 0.717) is 44.2 Å². The summed E-state index contributed by atoms with van der Waals surface area (Å²) in [6.45, 7) is 0. The van der Waals surface area contributed by atoms with E-state index in [1.165, 1.54) is 12.8 Å². The van der Waals surface area contributed by atoms with Crippen molar-refractivity contribution in [2.45, 2.75) is 18.8 Å². The van der Waals surface area contributed by atoms with Crippen LogP contribution in [0.4, 0.5) is 23.3 Å². The van der Waals surface area contributed by atoms with Gasteiger partial charge in [0.25, 0.3) is 0 Å². The zero-order valence-corrected chi connectivity index (χ0v) is 16.3. The molecule has 1 aromatic carbocycles. The van der Waals surface area contributed by atoms with Crippen molar-refractivity contribution in [2.75, 3.05) is 10.6 Å². The van der Waals surface area contributed by atoms with E-state index in [-0.39, 0.29) is 0 Å². The fourth-order valence-electron chi connectivity index (χ4n) is 2.54. The summed E-state index contributed by atoms with van der Waals surface area (Å²) in [5, 5.41) is 13.9. The van der Waals surface area contributed by atoms with Gasteiger partial charge in [-0.05, 0) is 47.0 Å². The highest BCUT2D eigenvalue weighted by Crippen LogP contribution is 2.39. The van der Waals surface area contributed by atoms with Crippen LogP contribution in [0, 0.1) is 0 Å². The maximum atomic E-state index is 11.4. The van der Waals surface area contributed by atoms with Crippen LogP contribution < -0.4 is 16.4 Å². The third kappa shape index (κ3) is 4.04. The van der Waals surface area contributed by atoms with E-state index in [2.05, 4.69) is 46.7 Å². The Morgan fingerprint density at radius 3 is 2.85 bits per heavy atom. The van der Waals surface area contributed by atoms with Crippen molar-refractivity contribution in [3.05, 3.63) is 51.2 Å². The van der Waals surface area contributed by atoms with Gasteiger partial charge in [-0.25, -0.2) is 4.98 Å². The van der Waals surface area contributed by atoms with Crippen LogP contribution in [0.3, 0.4) is 0 Å². The zero-order chi connectivity index (χ0) is 19.0.